The summed E-state index contributed by atoms with van der Waals surface area (Å²) >= 11 is 3.32. The van der Waals surface area contributed by atoms with Gasteiger partial charge < -0.3 is 4.98 Å². The molecule has 0 amide bonds. The Morgan fingerprint density at radius 1 is 1.45 bits per heavy atom. The van der Waals surface area contributed by atoms with Crippen LogP contribution in [-0.4, -0.2) is 19.5 Å². The summed E-state index contributed by atoms with van der Waals surface area (Å²) in [5, 5.41) is 1.82. The normalized spacial score (nSPS) is 11.1. The third-order valence-corrected chi connectivity index (χ3v) is 4.99. The summed E-state index contributed by atoms with van der Waals surface area (Å²) in [6.07, 6.45) is 1.47. The molecule has 0 aliphatic rings. The van der Waals surface area contributed by atoms with E-state index in [1.807, 2.05) is 28.0 Å². The van der Waals surface area contributed by atoms with Crippen molar-refractivity contribution in [1.82, 2.24) is 19.5 Å². The van der Waals surface area contributed by atoms with Crippen LogP contribution in [0.2, 0.25) is 0 Å². The molecule has 8 heteroatoms. The van der Waals surface area contributed by atoms with Gasteiger partial charge in [0.2, 0.25) is 0 Å². The Hall–Kier alpha value is -1.55. The van der Waals surface area contributed by atoms with Crippen LogP contribution in [0.5, 0.6) is 0 Å². The molecule has 0 aliphatic carbocycles. The second-order valence-corrected chi connectivity index (χ2v) is 6.22. The van der Waals surface area contributed by atoms with Gasteiger partial charge in [-0.2, -0.15) is 0 Å². The van der Waals surface area contributed by atoms with Gasteiger partial charge in [0.25, 0.3) is 11.1 Å². The first kappa shape index (κ1) is 13.4. The molecule has 0 atom stereocenters. The largest absolute Gasteiger partial charge is 0.308 e. The van der Waals surface area contributed by atoms with Gasteiger partial charge >= 0.3 is 0 Å². The minimum atomic E-state index is -0.178. The number of hydrogen-bond donors (Lipinski definition) is 1. The third kappa shape index (κ3) is 2.29. The molecular formula is C12H9IN4O2S. The highest BCUT2D eigenvalue weighted by molar-refractivity contribution is 14.1. The van der Waals surface area contributed by atoms with E-state index in [4.69, 9.17) is 0 Å². The summed E-state index contributed by atoms with van der Waals surface area (Å²) in [4.78, 5) is 35.2. The van der Waals surface area contributed by atoms with E-state index in [0.29, 0.717) is 25.3 Å². The van der Waals surface area contributed by atoms with Crippen molar-refractivity contribution in [3.8, 4) is 0 Å². The van der Waals surface area contributed by atoms with Gasteiger partial charge in [-0.25, -0.2) is 9.97 Å². The van der Waals surface area contributed by atoms with Crippen LogP contribution in [0.1, 0.15) is 11.5 Å². The maximum Gasteiger partial charge on any atom is 0.268 e. The SMILES string of the molecule is Cc1ncn(Cc2nc3ccsc3c(=O)[nH]2)c(=O)c1I. The second-order valence-electron chi connectivity index (χ2n) is 4.22. The maximum atomic E-state index is 12.1. The molecule has 0 aromatic carbocycles. The van der Waals surface area contributed by atoms with Crippen molar-refractivity contribution >= 4 is 44.1 Å². The van der Waals surface area contributed by atoms with E-state index in [1.165, 1.54) is 22.2 Å². The average molecular weight is 400 g/mol. The Labute approximate surface area is 130 Å². The molecule has 6 nitrogen and oxygen atoms in total. The number of aryl methyl sites for hydroxylation is 1. The summed E-state index contributed by atoms with van der Waals surface area (Å²) < 4.78 is 2.60. The predicted molar refractivity (Wildman–Crippen MR) is 85.3 cm³/mol. The van der Waals surface area contributed by atoms with E-state index in [-0.39, 0.29) is 17.7 Å². The highest BCUT2D eigenvalue weighted by Gasteiger charge is 2.09. The Kier molecular flexibility index (Phi) is 3.42. The lowest BCUT2D eigenvalue weighted by Gasteiger charge is -2.06. The van der Waals surface area contributed by atoms with Crippen molar-refractivity contribution < 1.29 is 0 Å². The number of aromatic amines is 1. The Balaban J connectivity index is 2.08. The van der Waals surface area contributed by atoms with Gasteiger partial charge in [-0.05, 0) is 41.0 Å². The zero-order valence-electron chi connectivity index (χ0n) is 10.4. The maximum absolute atomic E-state index is 12.1. The molecule has 0 radical (unpaired) electrons. The fraction of sp³-hybridized carbons (Fsp3) is 0.167. The molecular weight excluding hydrogens is 391 g/mol. The minimum absolute atomic E-state index is 0.133. The van der Waals surface area contributed by atoms with Gasteiger partial charge in [0.15, 0.2) is 0 Å². The van der Waals surface area contributed by atoms with Gasteiger partial charge in [-0.15, -0.1) is 11.3 Å². The van der Waals surface area contributed by atoms with Crippen LogP contribution in [0, 0.1) is 10.5 Å². The Morgan fingerprint density at radius 2 is 2.25 bits per heavy atom. The predicted octanol–water partition coefficient (Wildman–Crippen LogP) is 1.50. The second kappa shape index (κ2) is 5.09. The molecule has 0 spiro atoms. The number of halogens is 1. The van der Waals surface area contributed by atoms with Crippen molar-refractivity contribution in [3.63, 3.8) is 0 Å². The Bertz CT molecular complexity index is 912. The van der Waals surface area contributed by atoms with E-state index < -0.39 is 0 Å². The number of nitrogens with zero attached hydrogens (tertiary/aromatic N) is 3. The summed E-state index contributed by atoms with van der Waals surface area (Å²) in [7, 11) is 0. The number of thiophene rings is 1. The van der Waals surface area contributed by atoms with Gasteiger partial charge in [0, 0.05) is 0 Å². The molecule has 1 N–H and O–H groups in total. The molecule has 102 valence electrons. The quantitative estimate of drug-likeness (QED) is 0.662. The number of rotatable bonds is 2. The van der Waals surface area contributed by atoms with Crippen molar-refractivity contribution in [3.05, 3.63) is 53.6 Å². The molecule has 0 unspecified atom stereocenters. The molecule has 0 saturated carbocycles. The zero-order valence-corrected chi connectivity index (χ0v) is 13.4. The fourth-order valence-corrected chi connectivity index (χ4v) is 2.99. The van der Waals surface area contributed by atoms with Crippen LogP contribution in [0.25, 0.3) is 10.2 Å². The molecule has 3 rings (SSSR count). The summed E-state index contributed by atoms with van der Waals surface area (Å²) in [6.45, 7) is 1.98. The first-order valence-corrected chi connectivity index (χ1v) is 7.70. The first-order chi connectivity index (χ1) is 9.56. The monoisotopic (exact) mass is 400 g/mol. The molecule has 0 fully saturated rings. The van der Waals surface area contributed by atoms with E-state index in [2.05, 4.69) is 15.0 Å². The van der Waals surface area contributed by atoms with Crippen molar-refractivity contribution in [2.24, 2.45) is 0 Å². The van der Waals surface area contributed by atoms with Gasteiger partial charge in [0.1, 0.15) is 10.5 Å². The molecule has 20 heavy (non-hydrogen) atoms. The van der Waals surface area contributed by atoms with E-state index in [1.54, 1.807) is 13.0 Å². The number of nitrogens with one attached hydrogen (secondary N) is 1. The number of fused-ring (bicyclic) bond motifs is 1. The van der Waals surface area contributed by atoms with Crippen LogP contribution < -0.4 is 11.1 Å². The third-order valence-electron chi connectivity index (χ3n) is 2.84. The standard InChI is InChI=1S/C12H9IN4O2S/c1-6-9(13)12(19)17(5-14-6)4-8-15-7-2-3-20-10(7)11(18)16-8/h2-3,5H,4H2,1H3,(H,15,16,18). The van der Waals surface area contributed by atoms with Crippen LogP contribution in [0.3, 0.4) is 0 Å². The topological polar surface area (TPSA) is 80.6 Å². The van der Waals surface area contributed by atoms with E-state index >= 15 is 0 Å². The van der Waals surface area contributed by atoms with E-state index in [0.717, 1.165) is 0 Å². The number of hydrogen-bond acceptors (Lipinski definition) is 5. The Morgan fingerprint density at radius 3 is 3.05 bits per heavy atom. The zero-order chi connectivity index (χ0) is 14.3. The van der Waals surface area contributed by atoms with Crippen LogP contribution in [0.4, 0.5) is 0 Å². The molecule has 3 heterocycles. The highest BCUT2D eigenvalue weighted by atomic mass is 127. The number of aromatic nitrogens is 4. The van der Waals surface area contributed by atoms with Gasteiger partial charge in [-0.1, -0.05) is 0 Å². The van der Waals surface area contributed by atoms with Crippen molar-refractivity contribution in [2.75, 3.05) is 0 Å². The van der Waals surface area contributed by atoms with E-state index in [9.17, 15) is 9.59 Å². The lowest BCUT2D eigenvalue weighted by molar-refractivity contribution is 0.689. The molecule has 0 aliphatic heterocycles. The molecule has 0 bridgehead atoms. The van der Waals surface area contributed by atoms with Crippen molar-refractivity contribution in [2.45, 2.75) is 13.5 Å². The van der Waals surface area contributed by atoms with Crippen LogP contribution in [0.15, 0.2) is 27.4 Å². The van der Waals surface area contributed by atoms with Crippen molar-refractivity contribution in [1.29, 1.82) is 0 Å². The average Bonchev–Trinajstić information content (AvgIpc) is 2.88. The number of H-pyrrole nitrogens is 1. The lowest BCUT2D eigenvalue weighted by Crippen LogP contribution is -2.26. The molecule has 3 aromatic heterocycles. The van der Waals surface area contributed by atoms with Crippen LogP contribution in [-0.2, 0) is 6.54 Å². The first-order valence-electron chi connectivity index (χ1n) is 5.74. The fourth-order valence-electron chi connectivity index (χ4n) is 1.82. The minimum Gasteiger partial charge on any atom is -0.308 e. The van der Waals surface area contributed by atoms with Gasteiger partial charge in [-0.3, -0.25) is 14.2 Å². The van der Waals surface area contributed by atoms with Crippen LogP contribution >= 0.6 is 33.9 Å². The summed E-state index contributed by atoms with van der Waals surface area (Å²) in [5.74, 6) is 0.449. The smallest absolute Gasteiger partial charge is 0.268 e. The van der Waals surface area contributed by atoms with Gasteiger partial charge in [0.05, 0.1) is 27.7 Å². The molecule has 3 aromatic rings. The lowest BCUT2D eigenvalue weighted by atomic mass is 10.4. The molecule has 0 saturated heterocycles. The highest BCUT2D eigenvalue weighted by Crippen LogP contribution is 2.13. The summed E-state index contributed by atoms with van der Waals surface area (Å²) in [5.41, 5.74) is 1.03. The summed E-state index contributed by atoms with van der Waals surface area (Å²) in [6, 6.07) is 1.79.